The molecule has 1 aliphatic rings. The first-order chi connectivity index (χ1) is 15.8. The van der Waals surface area contributed by atoms with Crippen LogP contribution in [0.15, 0.2) is 24.3 Å². The van der Waals surface area contributed by atoms with Crippen molar-refractivity contribution in [2.75, 3.05) is 19.7 Å². The van der Waals surface area contributed by atoms with E-state index in [2.05, 4.69) is 10.6 Å². The van der Waals surface area contributed by atoms with Gasteiger partial charge in [-0.25, -0.2) is 9.59 Å². The van der Waals surface area contributed by atoms with Gasteiger partial charge in [0.05, 0.1) is 12.7 Å². The van der Waals surface area contributed by atoms with E-state index in [1.807, 2.05) is 45.0 Å². The number of urea groups is 1. The summed E-state index contributed by atoms with van der Waals surface area (Å²) in [5.74, 6) is -1.44. The first-order valence-electron chi connectivity index (χ1n) is 12.1. The maximum atomic E-state index is 12.6. The molecule has 0 radical (unpaired) electrons. The van der Waals surface area contributed by atoms with Crippen LogP contribution in [-0.4, -0.2) is 59.8 Å². The van der Waals surface area contributed by atoms with Gasteiger partial charge in [0.25, 0.3) is 0 Å². The van der Waals surface area contributed by atoms with Crippen molar-refractivity contribution in [3.05, 3.63) is 35.4 Å². The highest BCUT2D eigenvalue weighted by Crippen LogP contribution is 2.27. The van der Waals surface area contributed by atoms with Crippen LogP contribution in [0.2, 0.25) is 0 Å². The molecule has 0 heterocycles. The Morgan fingerprint density at radius 3 is 2.55 bits per heavy atom. The molecule has 0 aromatic heterocycles. The Morgan fingerprint density at radius 2 is 1.91 bits per heavy atom. The predicted octanol–water partition coefficient (Wildman–Crippen LogP) is 3.47. The highest BCUT2D eigenvalue weighted by Gasteiger charge is 2.30. The van der Waals surface area contributed by atoms with Crippen LogP contribution in [0.4, 0.5) is 4.79 Å². The molecule has 3 atom stereocenters. The van der Waals surface area contributed by atoms with E-state index < -0.39 is 12.0 Å². The molecule has 3 unspecified atom stereocenters. The number of carbonyl (C=O) groups is 3. The van der Waals surface area contributed by atoms with E-state index in [0.717, 1.165) is 24.8 Å². The van der Waals surface area contributed by atoms with Gasteiger partial charge in [0.1, 0.15) is 6.04 Å². The molecule has 8 heteroatoms. The predicted molar refractivity (Wildman–Crippen MR) is 127 cm³/mol. The van der Waals surface area contributed by atoms with Crippen LogP contribution in [0.5, 0.6) is 0 Å². The van der Waals surface area contributed by atoms with Crippen LogP contribution in [0.3, 0.4) is 0 Å². The molecule has 1 saturated carbocycles. The highest BCUT2D eigenvalue weighted by atomic mass is 16.5. The molecular weight excluding hydrogens is 422 g/mol. The third-order valence-electron chi connectivity index (χ3n) is 6.01. The Labute approximate surface area is 197 Å². The van der Waals surface area contributed by atoms with E-state index in [1.54, 1.807) is 4.90 Å². The molecule has 184 valence electrons. The fourth-order valence-corrected chi connectivity index (χ4v) is 4.13. The second-order valence-electron chi connectivity index (χ2n) is 8.79. The van der Waals surface area contributed by atoms with Gasteiger partial charge in [-0.05, 0) is 45.1 Å². The average molecular weight is 462 g/mol. The number of hydrogen-bond acceptors (Lipinski definition) is 4. The molecule has 0 bridgehead atoms. The molecule has 8 nitrogen and oxygen atoms in total. The summed E-state index contributed by atoms with van der Waals surface area (Å²) in [5, 5.41) is 14.8. The van der Waals surface area contributed by atoms with Gasteiger partial charge in [-0.2, -0.15) is 0 Å². The van der Waals surface area contributed by atoms with Crippen LogP contribution in [0.25, 0.3) is 0 Å². The first kappa shape index (κ1) is 26.6. The van der Waals surface area contributed by atoms with Crippen molar-refractivity contribution in [2.24, 2.45) is 5.92 Å². The van der Waals surface area contributed by atoms with E-state index >= 15 is 0 Å². The third kappa shape index (κ3) is 9.04. The number of aliphatic carboxylic acids is 1. The second kappa shape index (κ2) is 13.8. The summed E-state index contributed by atoms with van der Waals surface area (Å²) in [5.41, 5.74) is 2.23. The molecule has 1 fully saturated rings. The van der Waals surface area contributed by atoms with Crippen molar-refractivity contribution in [3.8, 4) is 0 Å². The van der Waals surface area contributed by atoms with Crippen molar-refractivity contribution in [1.29, 1.82) is 0 Å². The molecular formula is C25H39N3O5. The standard InChI is InChI=1S/C25H39N3O5/c1-4-7-22(24(30)31)27-23(29)20-8-6-9-21(16-20)33-15-14-28(25(32)26-5-2)17-19-12-10-18(3)11-13-19/h10-13,20-22H,4-9,14-17H2,1-3H3,(H,26,32)(H,27,29)(H,30,31). The summed E-state index contributed by atoms with van der Waals surface area (Å²) in [6.45, 7) is 7.71. The van der Waals surface area contributed by atoms with E-state index in [0.29, 0.717) is 45.5 Å². The SMILES string of the molecule is CCCC(NC(=O)C1CCCC(OCCN(Cc2ccc(C)cc2)C(=O)NCC)C1)C(=O)O. The van der Waals surface area contributed by atoms with E-state index in [4.69, 9.17) is 4.74 Å². The van der Waals surface area contributed by atoms with Crippen molar-refractivity contribution < 1.29 is 24.2 Å². The fraction of sp³-hybridized carbons (Fsp3) is 0.640. The zero-order valence-electron chi connectivity index (χ0n) is 20.1. The number of nitrogens with one attached hydrogen (secondary N) is 2. The molecule has 33 heavy (non-hydrogen) atoms. The fourth-order valence-electron chi connectivity index (χ4n) is 4.13. The minimum Gasteiger partial charge on any atom is -0.480 e. The molecule has 1 aliphatic carbocycles. The second-order valence-corrected chi connectivity index (χ2v) is 8.79. The van der Waals surface area contributed by atoms with Gasteiger partial charge in [0.15, 0.2) is 0 Å². The zero-order valence-corrected chi connectivity index (χ0v) is 20.1. The number of carboxylic acid groups (broad SMARTS) is 1. The van der Waals surface area contributed by atoms with E-state index in [9.17, 15) is 19.5 Å². The van der Waals surface area contributed by atoms with Crippen molar-refractivity contribution in [3.63, 3.8) is 0 Å². The van der Waals surface area contributed by atoms with Crippen molar-refractivity contribution in [1.82, 2.24) is 15.5 Å². The normalized spacial score (nSPS) is 18.9. The average Bonchev–Trinajstić information content (AvgIpc) is 2.79. The lowest BCUT2D eigenvalue weighted by molar-refractivity contribution is -0.143. The quantitative estimate of drug-likeness (QED) is 0.442. The first-order valence-corrected chi connectivity index (χ1v) is 12.1. The maximum absolute atomic E-state index is 12.6. The number of amides is 3. The van der Waals surface area contributed by atoms with Gasteiger partial charge in [-0.1, -0.05) is 49.6 Å². The molecule has 3 N–H and O–H groups in total. The van der Waals surface area contributed by atoms with Gasteiger partial charge in [0, 0.05) is 25.6 Å². The van der Waals surface area contributed by atoms with Crippen LogP contribution in [0, 0.1) is 12.8 Å². The lowest BCUT2D eigenvalue weighted by Crippen LogP contribution is -2.45. The van der Waals surface area contributed by atoms with Crippen molar-refractivity contribution >= 4 is 17.9 Å². The Hall–Kier alpha value is -2.61. The van der Waals surface area contributed by atoms with Gasteiger partial charge < -0.3 is 25.4 Å². The van der Waals surface area contributed by atoms with E-state index in [1.165, 1.54) is 5.56 Å². The highest BCUT2D eigenvalue weighted by molar-refractivity contribution is 5.85. The number of carboxylic acids is 1. The molecule has 0 spiro atoms. The Bertz CT molecular complexity index is 768. The van der Waals surface area contributed by atoms with Gasteiger partial charge in [-0.3, -0.25) is 4.79 Å². The number of nitrogens with zero attached hydrogens (tertiary/aromatic N) is 1. The number of carbonyl (C=O) groups excluding carboxylic acids is 2. The number of aryl methyl sites for hydroxylation is 1. The van der Waals surface area contributed by atoms with Gasteiger partial charge >= 0.3 is 12.0 Å². The smallest absolute Gasteiger partial charge is 0.326 e. The van der Waals surface area contributed by atoms with Crippen molar-refractivity contribution in [2.45, 2.75) is 78.0 Å². The number of ether oxygens (including phenoxy) is 1. The molecule has 0 aliphatic heterocycles. The third-order valence-corrected chi connectivity index (χ3v) is 6.01. The molecule has 1 aromatic carbocycles. The molecule has 0 saturated heterocycles. The van der Waals surface area contributed by atoms with E-state index in [-0.39, 0.29) is 24.0 Å². The van der Waals surface area contributed by atoms with Crippen LogP contribution in [-0.2, 0) is 20.9 Å². The number of rotatable bonds is 12. The maximum Gasteiger partial charge on any atom is 0.326 e. The molecule has 1 aromatic rings. The van der Waals surface area contributed by atoms with Crippen LogP contribution in [0.1, 0.15) is 63.5 Å². The van der Waals surface area contributed by atoms with Crippen LogP contribution >= 0.6 is 0 Å². The Morgan fingerprint density at radius 1 is 1.18 bits per heavy atom. The number of benzene rings is 1. The summed E-state index contributed by atoms with van der Waals surface area (Å²) in [6.07, 6.45) is 4.08. The molecule has 2 rings (SSSR count). The summed E-state index contributed by atoms with van der Waals surface area (Å²) >= 11 is 0. The van der Waals surface area contributed by atoms with Gasteiger partial charge in [0.2, 0.25) is 5.91 Å². The Kier molecular flexibility index (Phi) is 11.2. The summed E-state index contributed by atoms with van der Waals surface area (Å²) in [6, 6.07) is 7.15. The summed E-state index contributed by atoms with van der Waals surface area (Å²) in [7, 11) is 0. The topological polar surface area (TPSA) is 108 Å². The van der Waals surface area contributed by atoms with Gasteiger partial charge in [-0.15, -0.1) is 0 Å². The lowest BCUT2D eigenvalue weighted by Gasteiger charge is -2.30. The largest absolute Gasteiger partial charge is 0.480 e. The lowest BCUT2D eigenvalue weighted by atomic mass is 9.86. The zero-order chi connectivity index (χ0) is 24.2. The summed E-state index contributed by atoms with van der Waals surface area (Å²) in [4.78, 5) is 38.2. The minimum atomic E-state index is -0.993. The Balaban J connectivity index is 1.86. The summed E-state index contributed by atoms with van der Waals surface area (Å²) < 4.78 is 6.06. The number of hydrogen-bond donors (Lipinski definition) is 3. The molecule has 3 amide bonds. The minimum absolute atomic E-state index is 0.0700. The van der Waals surface area contributed by atoms with Crippen LogP contribution < -0.4 is 10.6 Å². The monoisotopic (exact) mass is 461 g/mol.